The fraction of sp³-hybridized carbons (Fsp3) is 0.304. The summed E-state index contributed by atoms with van der Waals surface area (Å²) in [5.74, 6) is -4.38. The number of carbonyl (C=O) groups excluding carboxylic acids is 2. The second-order valence-electron chi connectivity index (χ2n) is 7.91. The Labute approximate surface area is 193 Å². The average Bonchev–Trinajstić information content (AvgIpc) is 3.15. The molecule has 176 valence electrons. The van der Waals surface area contributed by atoms with Crippen LogP contribution >= 0.6 is 0 Å². The molecule has 2 aromatic rings. The molecule has 2 aliphatic heterocycles. The molecule has 4 rings (SSSR count). The first-order valence-electron chi connectivity index (χ1n) is 10.4. The number of benzene rings is 1. The van der Waals surface area contributed by atoms with E-state index in [-0.39, 0.29) is 11.4 Å². The number of ether oxygens (including phenoxy) is 1. The number of hydrogen-bond acceptors (Lipinski definition) is 6. The third-order valence-corrected chi connectivity index (χ3v) is 5.44. The number of aromatic nitrogens is 1. The van der Waals surface area contributed by atoms with Gasteiger partial charge in [-0.25, -0.2) is 13.2 Å². The molecule has 1 aromatic carbocycles. The van der Waals surface area contributed by atoms with Gasteiger partial charge >= 0.3 is 0 Å². The summed E-state index contributed by atoms with van der Waals surface area (Å²) < 4.78 is 46.3. The minimum atomic E-state index is -3.13. The van der Waals surface area contributed by atoms with Gasteiger partial charge in [0.15, 0.2) is 0 Å². The highest BCUT2D eigenvalue weighted by atomic mass is 19.3. The number of likely N-dealkylation sites (tertiary alicyclic amines) is 1. The van der Waals surface area contributed by atoms with Gasteiger partial charge < -0.3 is 20.3 Å². The second-order valence-corrected chi connectivity index (χ2v) is 7.91. The molecular formula is C23H20F3N5O3. The van der Waals surface area contributed by atoms with Gasteiger partial charge in [0.25, 0.3) is 11.8 Å². The Bertz CT molecular complexity index is 1180. The normalized spacial score (nSPS) is 20.7. The summed E-state index contributed by atoms with van der Waals surface area (Å²) in [5.41, 5.74) is 1.21. The first-order valence-corrected chi connectivity index (χ1v) is 10.4. The van der Waals surface area contributed by atoms with Crippen LogP contribution in [-0.2, 0) is 4.79 Å². The molecule has 2 atom stereocenters. The number of alkyl halides is 2. The molecule has 2 amide bonds. The van der Waals surface area contributed by atoms with Crippen molar-refractivity contribution in [2.45, 2.75) is 24.5 Å². The number of nitriles is 1. The predicted molar refractivity (Wildman–Crippen MR) is 116 cm³/mol. The van der Waals surface area contributed by atoms with E-state index in [9.17, 15) is 22.8 Å². The molecular weight excluding hydrogens is 451 g/mol. The molecule has 1 fully saturated rings. The lowest BCUT2D eigenvalue weighted by atomic mass is 10.1. The van der Waals surface area contributed by atoms with Crippen molar-refractivity contribution in [1.82, 2.24) is 15.2 Å². The van der Waals surface area contributed by atoms with Crippen LogP contribution in [0.2, 0.25) is 0 Å². The monoisotopic (exact) mass is 471 g/mol. The Morgan fingerprint density at radius 2 is 2.21 bits per heavy atom. The first kappa shape index (κ1) is 23.1. The molecule has 1 aromatic heterocycles. The van der Waals surface area contributed by atoms with Gasteiger partial charge in [-0.1, -0.05) is 6.08 Å². The van der Waals surface area contributed by atoms with Crippen LogP contribution in [0, 0.1) is 17.1 Å². The molecule has 0 spiro atoms. The molecule has 0 aliphatic carbocycles. The van der Waals surface area contributed by atoms with Gasteiger partial charge in [-0.2, -0.15) is 5.26 Å². The standard InChI is InChI=1S/C23H20F3N5O3/c24-15-2-4-20-19(7-15)29-11-17(34-20)3-1-14-10-28-6-5-18(14)22(33)30-12-21(32)31-13-23(25,26)8-16(31)9-27/h1-7,10,16-17,29H,8,11-13H2,(H,30,33). The number of nitrogens with one attached hydrogen (secondary N) is 2. The average molecular weight is 471 g/mol. The topological polar surface area (TPSA) is 107 Å². The number of amides is 2. The van der Waals surface area contributed by atoms with Crippen molar-refractivity contribution in [3.8, 4) is 11.8 Å². The zero-order valence-corrected chi connectivity index (χ0v) is 17.8. The summed E-state index contributed by atoms with van der Waals surface area (Å²) in [7, 11) is 0. The highest BCUT2D eigenvalue weighted by molar-refractivity contribution is 5.99. The summed E-state index contributed by atoms with van der Waals surface area (Å²) in [6.07, 6.45) is 5.10. The van der Waals surface area contributed by atoms with E-state index in [0.29, 0.717) is 23.5 Å². The molecule has 34 heavy (non-hydrogen) atoms. The van der Waals surface area contributed by atoms with Gasteiger partial charge in [-0.15, -0.1) is 0 Å². The molecule has 2 aliphatic rings. The van der Waals surface area contributed by atoms with Crippen molar-refractivity contribution in [3.05, 3.63) is 59.7 Å². The van der Waals surface area contributed by atoms with Crippen molar-refractivity contribution in [3.63, 3.8) is 0 Å². The quantitative estimate of drug-likeness (QED) is 0.694. The third-order valence-electron chi connectivity index (χ3n) is 5.44. The molecule has 0 bridgehead atoms. The Balaban J connectivity index is 1.39. The number of fused-ring (bicyclic) bond motifs is 1. The maximum Gasteiger partial charge on any atom is 0.268 e. The molecule has 3 heterocycles. The van der Waals surface area contributed by atoms with E-state index in [1.165, 1.54) is 36.7 Å². The van der Waals surface area contributed by atoms with Crippen LogP contribution in [0.25, 0.3) is 6.08 Å². The number of rotatable bonds is 5. The number of halogens is 3. The Kier molecular flexibility index (Phi) is 6.40. The van der Waals surface area contributed by atoms with E-state index in [1.807, 2.05) is 0 Å². The van der Waals surface area contributed by atoms with E-state index in [2.05, 4.69) is 15.6 Å². The van der Waals surface area contributed by atoms with Crippen molar-refractivity contribution >= 4 is 23.6 Å². The smallest absolute Gasteiger partial charge is 0.268 e. The molecule has 1 saturated heterocycles. The lowest BCUT2D eigenvalue weighted by Gasteiger charge is -2.25. The van der Waals surface area contributed by atoms with Gasteiger partial charge in [-0.05, 0) is 24.3 Å². The van der Waals surface area contributed by atoms with Gasteiger partial charge in [0.2, 0.25) is 5.91 Å². The van der Waals surface area contributed by atoms with Crippen molar-refractivity contribution < 1.29 is 27.5 Å². The Hall–Kier alpha value is -4.07. The summed E-state index contributed by atoms with van der Waals surface area (Å²) in [4.78, 5) is 29.8. The lowest BCUT2D eigenvalue weighted by molar-refractivity contribution is -0.131. The summed E-state index contributed by atoms with van der Waals surface area (Å²) >= 11 is 0. The zero-order chi connectivity index (χ0) is 24.3. The van der Waals surface area contributed by atoms with Gasteiger partial charge in [0.1, 0.15) is 23.7 Å². The largest absolute Gasteiger partial charge is 0.482 e. The maximum absolute atomic E-state index is 13.6. The molecule has 11 heteroatoms. The summed E-state index contributed by atoms with van der Waals surface area (Å²) in [6, 6.07) is 6.07. The maximum atomic E-state index is 13.6. The SMILES string of the molecule is N#CC1CC(F)(F)CN1C(=O)CNC(=O)c1ccncc1C=CC1CNc2cc(F)ccc2O1. The number of anilines is 1. The van der Waals surface area contributed by atoms with E-state index in [4.69, 9.17) is 10.00 Å². The van der Waals surface area contributed by atoms with E-state index in [1.54, 1.807) is 18.2 Å². The van der Waals surface area contributed by atoms with Crippen LogP contribution in [0.15, 0.2) is 42.7 Å². The van der Waals surface area contributed by atoms with Crippen molar-refractivity contribution in [1.29, 1.82) is 5.26 Å². The fourth-order valence-electron chi connectivity index (χ4n) is 3.77. The van der Waals surface area contributed by atoms with Crippen LogP contribution in [0.3, 0.4) is 0 Å². The van der Waals surface area contributed by atoms with Crippen molar-refractivity contribution in [2.75, 3.05) is 25.0 Å². The first-order chi connectivity index (χ1) is 16.3. The van der Waals surface area contributed by atoms with Crippen LogP contribution in [0.1, 0.15) is 22.3 Å². The Morgan fingerprint density at radius 3 is 3.00 bits per heavy atom. The van der Waals surface area contributed by atoms with Gasteiger partial charge in [0.05, 0.1) is 31.4 Å². The van der Waals surface area contributed by atoms with E-state index in [0.717, 1.165) is 4.90 Å². The number of nitrogens with zero attached hydrogens (tertiary/aromatic N) is 3. The minimum absolute atomic E-state index is 0.217. The minimum Gasteiger partial charge on any atom is -0.482 e. The zero-order valence-electron chi connectivity index (χ0n) is 17.8. The van der Waals surface area contributed by atoms with Crippen LogP contribution in [0.4, 0.5) is 18.9 Å². The van der Waals surface area contributed by atoms with Crippen molar-refractivity contribution in [2.24, 2.45) is 0 Å². The number of carbonyl (C=O) groups is 2. The van der Waals surface area contributed by atoms with E-state index >= 15 is 0 Å². The van der Waals surface area contributed by atoms with Crippen LogP contribution in [0.5, 0.6) is 5.75 Å². The van der Waals surface area contributed by atoms with E-state index < -0.39 is 49.4 Å². The third kappa shape index (κ3) is 5.11. The summed E-state index contributed by atoms with van der Waals surface area (Å²) in [6.45, 7) is -1.00. The highest BCUT2D eigenvalue weighted by Crippen LogP contribution is 2.32. The Morgan fingerprint density at radius 1 is 1.38 bits per heavy atom. The number of hydrogen-bond donors (Lipinski definition) is 2. The molecule has 8 nitrogen and oxygen atoms in total. The second kappa shape index (κ2) is 9.43. The van der Waals surface area contributed by atoms with Gasteiger partial charge in [0, 0.05) is 36.0 Å². The lowest BCUT2D eigenvalue weighted by Crippen LogP contribution is -2.43. The number of pyridine rings is 1. The van der Waals surface area contributed by atoms with Crippen LogP contribution < -0.4 is 15.4 Å². The van der Waals surface area contributed by atoms with Gasteiger partial charge in [-0.3, -0.25) is 14.6 Å². The molecule has 2 unspecified atom stereocenters. The molecule has 0 saturated carbocycles. The fourth-order valence-corrected chi connectivity index (χ4v) is 3.77. The van der Waals surface area contributed by atoms with Crippen LogP contribution in [-0.4, -0.2) is 59.4 Å². The summed E-state index contributed by atoms with van der Waals surface area (Å²) in [5, 5.41) is 14.5. The molecule has 2 N–H and O–H groups in total. The molecule has 0 radical (unpaired) electrons. The highest BCUT2D eigenvalue weighted by Gasteiger charge is 2.47. The predicted octanol–water partition coefficient (Wildman–Crippen LogP) is 2.60.